The van der Waals surface area contributed by atoms with Crippen LogP contribution in [-0.2, 0) is 7.05 Å². The van der Waals surface area contributed by atoms with Gasteiger partial charge in [0.25, 0.3) is 0 Å². The Labute approximate surface area is 136 Å². The van der Waals surface area contributed by atoms with Gasteiger partial charge in [0.2, 0.25) is 0 Å². The monoisotopic (exact) mass is 327 g/mol. The van der Waals surface area contributed by atoms with Crippen LogP contribution in [0.3, 0.4) is 0 Å². The highest BCUT2D eigenvalue weighted by molar-refractivity contribution is 8.12. The number of benzene rings is 2. The number of nitrogens with zero attached hydrogens (tertiary/aromatic N) is 2. The fraction of sp³-hybridized carbons (Fsp3) is 0.167. The summed E-state index contributed by atoms with van der Waals surface area (Å²) in [4.78, 5) is 0. The molecule has 0 spiro atoms. The molecule has 2 aromatic carbocycles. The Kier molecular flexibility index (Phi) is 4.66. The van der Waals surface area contributed by atoms with E-state index in [1.165, 1.54) is 15.9 Å². The highest BCUT2D eigenvalue weighted by atomic mass is 32.2. The standard InChI is InChI=1S/C18H20N2PS/c1-20-14-18(13-19-20)21(15-22-2,16-9-5-3-6-10-16)17-11-7-4-8-12-17/h3-14H,15H2,1-2H3/q+1. The van der Waals surface area contributed by atoms with E-state index in [-0.39, 0.29) is 0 Å². The molecule has 0 N–H and O–H groups in total. The number of aryl methyl sites for hydroxylation is 1. The molecule has 0 saturated carbocycles. The molecule has 112 valence electrons. The van der Waals surface area contributed by atoms with Crippen molar-refractivity contribution in [1.82, 2.24) is 9.78 Å². The Morgan fingerprint density at radius 3 is 1.86 bits per heavy atom. The lowest BCUT2D eigenvalue weighted by Gasteiger charge is -2.25. The SMILES string of the molecule is CSC[P+](c1ccccc1)(c1ccccc1)c1cnn(C)c1. The Hall–Kier alpha value is -1.57. The molecule has 1 aromatic heterocycles. The van der Waals surface area contributed by atoms with E-state index < -0.39 is 7.26 Å². The van der Waals surface area contributed by atoms with Gasteiger partial charge in [-0.2, -0.15) is 5.10 Å². The van der Waals surface area contributed by atoms with Crippen molar-refractivity contribution in [2.24, 2.45) is 7.05 Å². The summed E-state index contributed by atoms with van der Waals surface area (Å²) in [5, 5.41) is 8.64. The van der Waals surface area contributed by atoms with Crippen LogP contribution in [0.2, 0.25) is 0 Å². The van der Waals surface area contributed by atoms with Crippen molar-refractivity contribution in [3.8, 4) is 0 Å². The van der Waals surface area contributed by atoms with Gasteiger partial charge in [-0.1, -0.05) is 36.4 Å². The first-order valence-corrected chi connectivity index (χ1v) is 10.6. The molecule has 4 heteroatoms. The van der Waals surface area contributed by atoms with Crippen molar-refractivity contribution < 1.29 is 0 Å². The topological polar surface area (TPSA) is 17.8 Å². The summed E-state index contributed by atoms with van der Waals surface area (Å²) in [6.45, 7) is 0. The predicted molar refractivity (Wildman–Crippen MR) is 100 cm³/mol. The zero-order chi connectivity index (χ0) is 15.4. The number of hydrogen-bond acceptors (Lipinski definition) is 2. The second-order valence-electron chi connectivity index (χ2n) is 5.27. The molecule has 0 aliphatic heterocycles. The van der Waals surface area contributed by atoms with Crippen LogP contribution in [0.5, 0.6) is 0 Å². The zero-order valence-electron chi connectivity index (χ0n) is 12.9. The summed E-state index contributed by atoms with van der Waals surface area (Å²) in [7, 11) is 0.341. The fourth-order valence-electron chi connectivity index (χ4n) is 2.83. The number of rotatable bonds is 5. The van der Waals surface area contributed by atoms with Gasteiger partial charge in [0.05, 0.1) is 12.4 Å². The van der Waals surface area contributed by atoms with Crippen LogP contribution < -0.4 is 15.9 Å². The average molecular weight is 327 g/mol. The van der Waals surface area contributed by atoms with Crippen LogP contribution in [0.4, 0.5) is 0 Å². The first-order chi connectivity index (χ1) is 10.8. The molecule has 1 heterocycles. The van der Waals surface area contributed by atoms with Gasteiger partial charge in [0.1, 0.15) is 28.7 Å². The van der Waals surface area contributed by atoms with E-state index in [1.807, 2.05) is 29.7 Å². The molecule has 0 unspecified atom stereocenters. The first kappa shape index (κ1) is 15.3. The molecule has 0 bridgehead atoms. The summed E-state index contributed by atoms with van der Waals surface area (Å²) >= 11 is 1.91. The first-order valence-electron chi connectivity index (χ1n) is 7.25. The van der Waals surface area contributed by atoms with E-state index >= 15 is 0 Å². The van der Waals surface area contributed by atoms with Crippen molar-refractivity contribution in [2.45, 2.75) is 0 Å². The van der Waals surface area contributed by atoms with E-state index in [1.54, 1.807) is 0 Å². The highest BCUT2D eigenvalue weighted by Crippen LogP contribution is 2.57. The molecule has 0 aliphatic rings. The molecule has 0 radical (unpaired) electrons. The third kappa shape index (κ3) is 2.71. The van der Waals surface area contributed by atoms with E-state index in [4.69, 9.17) is 0 Å². The summed E-state index contributed by atoms with van der Waals surface area (Å²) in [6, 6.07) is 21.8. The van der Waals surface area contributed by atoms with Crippen molar-refractivity contribution in [3.63, 3.8) is 0 Å². The Morgan fingerprint density at radius 2 is 1.45 bits per heavy atom. The summed E-state index contributed by atoms with van der Waals surface area (Å²) < 4.78 is 1.91. The quantitative estimate of drug-likeness (QED) is 0.671. The van der Waals surface area contributed by atoms with Crippen LogP contribution in [0, 0.1) is 0 Å². The van der Waals surface area contributed by atoms with Gasteiger partial charge in [-0.05, 0) is 30.5 Å². The number of hydrogen-bond donors (Lipinski definition) is 0. The van der Waals surface area contributed by atoms with Crippen LogP contribution in [0.25, 0.3) is 0 Å². The largest absolute Gasteiger partial charge is 0.272 e. The molecule has 0 aliphatic carbocycles. The molecule has 2 nitrogen and oxygen atoms in total. The highest BCUT2D eigenvalue weighted by Gasteiger charge is 2.45. The maximum absolute atomic E-state index is 4.45. The smallest absolute Gasteiger partial charge is 0.143 e. The van der Waals surface area contributed by atoms with Gasteiger partial charge in [0.15, 0.2) is 0 Å². The maximum Gasteiger partial charge on any atom is 0.143 e. The lowest BCUT2D eigenvalue weighted by molar-refractivity contribution is 0.768. The normalized spacial score (nSPS) is 11.5. The average Bonchev–Trinajstić information content (AvgIpc) is 3.01. The van der Waals surface area contributed by atoms with Gasteiger partial charge in [0, 0.05) is 7.05 Å². The molecule has 0 atom stereocenters. The van der Waals surface area contributed by atoms with Crippen LogP contribution in [0.1, 0.15) is 0 Å². The fourth-order valence-corrected chi connectivity index (χ4v) is 9.04. The van der Waals surface area contributed by atoms with E-state index in [9.17, 15) is 0 Å². The number of aromatic nitrogens is 2. The third-order valence-electron chi connectivity index (χ3n) is 3.85. The minimum absolute atomic E-state index is 1.09. The second kappa shape index (κ2) is 6.68. The molecule has 3 aromatic rings. The lowest BCUT2D eigenvalue weighted by atomic mass is 10.4. The lowest BCUT2D eigenvalue weighted by Crippen LogP contribution is -2.32. The van der Waals surface area contributed by atoms with Crippen LogP contribution >= 0.6 is 19.0 Å². The van der Waals surface area contributed by atoms with Crippen molar-refractivity contribution in [3.05, 3.63) is 73.1 Å². The predicted octanol–water partition coefficient (Wildman–Crippen LogP) is 3.03. The summed E-state index contributed by atoms with van der Waals surface area (Å²) in [6.07, 6.45) is 6.42. The van der Waals surface area contributed by atoms with Crippen molar-refractivity contribution >= 4 is 34.9 Å². The number of thioether (sulfide) groups is 1. The Morgan fingerprint density at radius 1 is 0.909 bits per heavy atom. The summed E-state index contributed by atoms with van der Waals surface area (Å²) in [5.74, 6) is 0. The van der Waals surface area contributed by atoms with E-state index in [0.29, 0.717) is 0 Å². The molecule has 0 fully saturated rings. The Bertz CT molecular complexity index is 686. The van der Waals surface area contributed by atoms with Gasteiger partial charge >= 0.3 is 0 Å². The van der Waals surface area contributed by atoms with E-state index in [2.05, 4.69) is 78.2 Å². The molecular formula is C18H20N2PS+. The summed E-state index contributed by atoms with van der Waals surface area (Å²) in [5.41, 5.74) is 1.09. The molecular weight excluding hydrogens is 307 g/mol. The molecule has 0 saturated heterocycles. The molecule has 22 heavy (non-hydrogen) atoms. The van der Waals surface area contributed by atoms with Gasteiger partial charge in [-0.25, -0.2) is 0 Å². The molecule has 3 rings (SSSR count). The van der Waals surface area contributed by atoms with Gasteiger partial charge in [-0.3, -0.25) is 4.68 Å². The zero-order valence-corrected chi connectivity index (χ0v) is 14.6. The van der Waals surface area contributed by atoms with Crippen LogP contribution in [0.15, 0.2) is 73.1 Å². The minimum Gasteiger partial charge on any atom is -0.272 e. The maximum atomic E-state index is 4.45. The van der Waals surface area contributed by atoms with Crippen LogP contribution in [-0.4, -0.2) is 21.5 Å². The second-order valence-corrected chi connectivity index (χ2v) is 10.0. The Balaban J connectivity index is 2.28. The van der Waals surface area contributed by atoms with Gasteiger partial charge < -0.3 is 0 Å². The van der Waals surface area contributed by atoms with E-state index in [0.717, 1.165) is 5.49 Å². The minimum atomic E-state index is -1.65. The van der Waals surface area contributed by atoms with Gasteiger partial charge in [-0.15, -0.1) is 11.8 Å². The third-order valence-corrected chi connectivity index (χ3v) is 9.90. The van der Waals surface area contributed by atoms with Crippen molar-refractivity contribution in [2.75, 3.05) is 11.7 Å². The van der Waals surface area contributed by atoms with Crippen molar-refractivity contribution in [1.29, 1.82) is 0 Å². The molecule has 0 amide bonds.